The second-order valence-corrected chi connectivity index (χ2v) is 12.2. The number of carbonyl (C=O) groups is 2. The number of hydrogen-bond donors (Lipinski definition) is 1. The van der Waals surface area contributed by atoms with E-state index in [0.29, 0.717) is 49.3 Å². The third kappa shape index (κ3) is 6.03. The number of anilines is 3. The number of hydrogen-bond acceptors (Lipinski definition) is 6. The van der Waals surface area contributed by atoms with Gasteiger partial charge in [0.25, 0.3) is 5.91 Å². The molecule has 0 aliphatic carbocycles. The zero-order chi connectivity index (χ0) is 28.3. The van der Waals surface area contributed by atoms with Crippen LogP contribution < -0.4 is 14.5 Å². The van der Waals surface area contributed by atoms with Crippen molar-refractivity contribution in [1.82, 2.24) is 4.90 Å². The van der Waals surface area contributed by atoms with Gasteiger partial charge in [-0.15, -0.1) is 0 Å². The third-order valence-corrected chi connectivity index (χ3v) is 8.33. The van der Waals surface area contributed by atoms with E-state index in [9.17, 15) is 22.4 Å². The molecule has 2 aliphatic heterocycles. The smallest absolute Gasteiger partial charge is 0.254 e. The monoisotopic (exact) mass is 564 g/mol. The summed E-state index contributed by atoms with van der Waals surface area (Å²) in [6, 6.07) is 22.4. The van der Waals surface area contributed by atoms with Crippen molar-refractivity contribution in [3.8, 4) is 0 Å². The molecule has 2 heterocycles. The van der Waals surface area contributed by atoms with E-state index in [1.165, 1.54) is 24.3 Å². The highest BCUT2D eigenvalue weighted by Crippen LogP contribution is 2.41. The third-order valence-electron chi connectivity index (χ3n) is 7.72. The van der Waals surface area contributed by atoms with Gasteiger partial charge >= 0.3 is 0 Å². The van der Waals surface area contributed by atoms with Crippen molar-refractivity contribution in [2.24, 2.45) is 0 Å². The van der Waals surface area contributed by atoms with E-state index < -0.39 is 15.6 Å². The first-order valence-electron chi connectivity index (χ1n) is 13.4. The number of benzene rings is 3. The number of nitrogens with zero attached hydrogens (tertiary/aromatic N) is 3. The lowest BCUT2D eigenvalue weighted by Gasteiger charge is -2.43. The molecule has 2 aliphatic rings. The van der Waals surface area contributed by atoms with E-state index in [4.69, 9.17) is 0 Å². The molecule has 1 spiro atoms. The number of amides is 1. The Morgan fingerprint density at radius 1 is 0.925 bits per heavy atom. The van der Waals surface area contributed by atoms with Gasteiger partial charge in [-0.05, 0) is 86.5 Å². The lowest BCUT2D eigenvalue weighted by molar-refractivity contribution is -0.123. The summed E-state index contributed by atoms with van der Waals surface area (Å²) in [5, 5.41) is 0. The number of Topliss-reactive ketones (excluding diaryl/α,β-unsaturated/α-hetero) is 1. The van der Waals surface area contributed by atoms with Crippen LogP contribution in [0.25, 0.3) is 0 Å². The molecule has 2 saturated heterocycles. The maximum Gasteiger partial charge on any atom is 0.254 e. The normalized spacial score (nSPS) is 17.4. The van der Waals surface area contributed by atoms with Gasteiger partial charge in [-0.2, -0.15) is 0 Å². The van der Waals surface area contributed by atoms with Crippen LogP contribution in [0.15, 0.2) is 78.9 Å². The van der Waals surface area contributed by atoms with Gasteiger partial charge in [-0.3, -0.25) is 19.2 Å². The molecule has 10 heteroatoms. The second-order valence-electron chi connectivity index (χ2n) is 10.5. The zero-order valence-electron chi connectivity index (χ0n) is 22.4. The average Bonchev–Trinajstić information content (AvgIpc) is 3.21. The molecule has 0 atom stereocenters. The van der Waals surface area contributed by atoms with Crippen molar-refractivity contribution in [2.45, 2.75) is 31.2 Å². The van der Waals surface area contributed by atoms with Crippen LogP contribution in [0.4, 0.5) is 21.5 Å². The van der Waals surface area contributed by atoms with Crippen LogP contribution in [0.1, 0.15) is 36.0 Å². The lowest BCUT2D eigenvalue weighted by Crippen LogP contribution is -2.56. The van der Waals surface area contributed by atoms with Crippen LogP contribution in [0, 0.1) is 5.82 Å². The molecular weight excluding hydrogens is 531 g/mol. The summed E-state index contributed by atoms with van der Waals surface area (Å²) in [7, 11) is -3.40. The van der Waals surface area contributed by atoms with Gasteiger partial charge in [-0.25, -0.2) is 12.8 Å². The van der Waals surface area contributed by atoms with E-state index in [-0.39, 0.29) is 17.5 Å². The number of piperidine rings is 1. The van der Waals surface area contributed by atoms with Crippen LogP contribution in [-0.4, -0.2) is 63.1 Å². The fraction of sp³-hybridized carbons (Fsp3) is 0.333. The zero-order valence-corrected chi connectivity index (χ0v) is 23.2. The van der Waals surface area contributed by atoms with Crippen molar-refractivity contribution in [1.29, 1.82) is 0 Å². The maximum atomic E-state index is 14.1. The number of nitrogens with one attached hydrogen (secondary N) is 1. The molecule has 3 aromatic rings. The fourth-order valence-electron chi connectivity index (χ4n) is 5.64. The quantitative estimate of drug-likeness (QED) is 0.385. The van der Waals surface area contributed by atoms with Crippen molar-refractivity contribution in [3.05, 3.63) is 90.2 Å². The highest BCUT2D eigenvalue weighted by Gasteiger charge is 2.54. The number of likely N-dealkylation sites (tertiary alicyclic amines) is 1. The molecule has 2 fully saturated rings. The highest BCUT2D eigenvalue weighted by molar-refractivity contribution is 7.92. The second kappa shape index (κ2) is 11.4. The average molecular weight is 565 g/mol. The molecule has 40 heavy (non-hydrogen) atoms. The maximum absolute atomic E-state index is 14.1. The predicted molar refractivity (Wildman–Crippen MR) is 155 cm³/mol. The van der Waals surface area contributed by atoms with Gasteiger partial charge in [0.1, 0.15) is 11.4 Å². The first-order chi connectivity index (χ1) is 19.1. The van der Waals surface area contributed by atoms with E-state index in [2.05, 4.69) is 14.5 Å². The Labute approximate surface area is 234 Å². The summed E-state index contributed by atoms with van der Waals surface area (Å²) in [6.45, 7) is 2.60. The first kappa shape index (κ1) is 27.8. The molecule has 0 unspecified atom stereocenters. The Morgan fingerprint density at radius 3 is 2.20 bits per heavy atom. The molecule has 0 radical (unpaired) electrons. The van der Waals surface area contributed by atoms with Crippen molar-refractivity contribution < 1.29 is 22.4 Å². The van der Waals surface area contributed by atoms with Gasteiger partial charge in [0.15, 0.2) is 5.78 Å². The Kier molecular flexibility index (Phi) is 7.91. The van der Waals surface area contributed by atoms with Gasteiger partial charge in [0.05, 0.1) is 12.9 Å². The fourth-order valence-corrected chi connectivity index (χ4v) is 6.20. The summed E-state index contributed by atoms with van der Waals surface area (Å²) in [4.78, 5) is 32.8. The minimum Gasteiger partial charge on any atom is -0.338 e. The number of carbonyl (C=O) groups excluding carboxylic acids is 2. The van der Waals surface area contributed by atoms with E-state index in [1.807, 2.05) is 30.3 Å². The molecule has 0 saturated carbocycles. The van der Waals surface area contributed by atoms with Crippen molar-refractivity contribution in [2.75, 3.05) is 47.1 Å². The number of sulfonamides is 1. The van der Waals surface area contributed by atoms with Crippen LogP contribution in [0.5, 0.6) is 0 Å². The Morgan fingerprint density at radius 2 is 1.57 bits per heavy atom. The molecule has 8 nitrogen and oxygen atoms in total. The van der Waals surface area contributed by atoms with Gasteiger partial charge in [0, 0.05) is 42.1 Å². The molecule has 3 aromatic carbocycles. The van der Waals surface area contributed by atoms with Crippen LogP contribution in [0.3, 0.4) is 0 Å². The molecule has 1 amide bonds. The van der Waals surface area contributed by atoms with Gasteiger partial charge in [-0.1, -0.05) is 18.2 Å². The van der Waals surface area contributed by atoms with Crippen LogP contribution >= 0.6 is 0 Å². The Bertz CT molecular complexity index is 1460. The van der Waals surface area contributed by atoms with Crippen LogP contribution in [0.2, 0.25) is 0 Å². The minimum atomic E-state index is -3.40. The van der Waals surface area contributed by atoms with E-state index in [0.717, 1.165) is 31.6 Å². The summed E-state index contributed by atoms with van der Waals surface area (Å²) in [6.07, 6.45) is 3.48. The summed E-state index contributed by atoms with van der Waals surface area (Å²) in [5.41, 5.74) is 1.97. The van der Waals surface area contributed by atoms with Gasteiger partial charge < -0.3 is 9.80 Å². The van der Waals surface area contributed by atoms with E-state index >= 15 is 0 Å². The number of ketones is 1. The molecular formula is C30H33FN4O4S. The number of halogens is 1. The summed E-state index contributed by atoms with van der Waals surface area (Å²) >= 11 is 0. The predicted octanol–water partition coefficient (Wildman–Crippen LogP) is 4.51. The van der Waals surface area contributed by atoms with Crippen LogP contribution in [-0.2, 0) is 14.8 Å². The lowest BCUT2D eigenvalue weighted by atomic mass is 9.85. The topological polar surface area (TPSA) is 90.0 Å². The molecule has 0 bridgehead atoms. The SMILES string of the molecule is CS(=O)(=O)Nc1ccc(N2CN(c3ccccc3)C3(CCN(CCCC(=O)c4ccc(F)cc4)CC3)C2=O)cc1. The molecule has 210 valence electrons. The highest BCUT2D eigenvalue weighted by atomic mass is 32.2. The number of rotatable bonds is 9. The van der Waals surface area contributed by atoms with Gasteiger partial charge in [0.2, 0.25) is 10.0 Å². The van der Waals surface area contributed by atoms with Crippen molar-refractivity contribution >= 4 is 38.8 Å². The molecule has 0 aromatic heterocycles. The molecule has 1 N–H and O–H groups in total. The van der Waals surface area contributed by atoms with Crippen molar-refractivity contribution in [3.63, 3.8) is 0 Å². The minimum absolute atomic E-state index is 0.00287. The number of para-hydroxylation sites is 1. The Balaban J connectivity index is 1.27. The first-order valence-corrected chi connectivity index (χ1v) is 15.3. The summed E-state index contributed by atoms with van der Waals surface area (Å²) < 4.78 is 38.8. The largest absolute Gasteiger partial charge is 0.338 e. The summed E-state index contributed by atoms with van der Waals surface area (Å²) in [5.74, 6) is -0.321. The standard InChI is InChI=1S/C30H33FN4O4S/c1-40(38,39)32-25-13-15-26(16-14-25)34-22-35(27-6-3-2-4-7-27)30(29(34)37)17-20-33(21-18-30)19-5-8-28(36)23-9-11-24(31)12-10-23/h2-4,6-7,9-16,32H,5,8,17-22H2,1H3. The molecule has 5 rings (SSSR count). The Hall–Kier alpha value is -3.76. The van der Waals surface area contributed by atoms with E-state index in [1.54, 1.807) is 29.2 Å².